The number of fused-ring (bicyclic) bond motifs is 2. The summed E-state index contributed by atoms with van der Waals surface area (Å²) in [5.74, 6) is -0.0939. The van der Waals surface area contributed by atoms with Crippen molar-refractivity contribution in [3.63, 3.8) is 0 Å². The fraction of sp³-hybridized carbons (Fsp3) is 0.190. The van der Waals surface area contributed by atoms with E-state index in [1.54, 1.807) is 35.3 Å². The number of aromatic nitrogens is 4. The van der Waals surface area contributed by atoms with Crippen LogP contribution in [-0.4, -0.2) is 26.3 Å². The molecular formula is C21H21N6O2+. The Kier molecular flexibility index (Phi) is 4.67. The van der Waals surface area contributed by atoms with E-state index in [4.69, 9.17) is 5.73 Å². The third-order valence-corrected chi connectivity index (χ3v) is 4.59. The molecule has 0 saturated heterocycles. The van der Waals surface area contributed by atoms with Crippen molar-refractivity contribution in [1.82, 2.24) is 19.7 Å². The third-order valence-electron chi connectivity index (χ3n) is 4.59. The SMILES string of the molecule is CC(C)NC(=O)c1cc2c(=O)n3ccccc3nc2[n+](Cc2cccnc2)c1N. The van der Waals surface area contributed by atoms with Crippen molar-refractivity contribution in [2.24, 2.45) is 0 Å². The van der Waals surface area contributed by atoms with Gasteiger partial charge in [-0.3, -0.25) is 19.0 Å². The molecule has 3 N–H and O–H groups in total. The molecule has 0 bridgehead atoms. The molecule has 4 rings (SSSR count). The van der Waals surface area contributed by atoms with Crippen LogP contribution in [0.5, 0.6) is 0 Å². The Morgan fingerprint density at radius 2 is 2.10 bits per heavy atom. The zero-order valence-electron chi connectivity index (χ0n) is 16.2. The molecule has 1 amide bonds. The normalized spacial score (nSPS) is 11.3. The van der Waals surface area contributed by atoms with E-state index in [9.17, 15) is 9.59 Å². The number of nitrogens with two attached hydrogens (primary N) is 1. The van der Waals surface area contributed by atoms with Gasteiger partial charge in [-0.25, -0.2) is 4.57 Å². The maximum atomic E-state index is 13.1. The maximum Gasteiger partial charge on any atom is 0.278 e. The van der Waals surface area contributed by atoms with E-state index < -0.39 is 0 Å². The summed E-state index contributed by atoms with van der Waals surface area (Å²) in [5.41, 5.74) is 8.18. The quantitative estimate of drug-likeness (QED) is 0.404. The Bertz CT molecular complexity index is 1280. The summed E-state index contributed by atoms with van der Waals surface area (Å²) in [6.45, 7) is 4.06. The molecule has 0 fully saturated rings. The van der Waals surface area contributed by atoms with E-state index in [2.05, 4.69) is 15.3 Å². The standard InChI is InChI=1S/C21H20N6O2/c1-13(2)24-20(28)15-10-16-19(25-17-7-3-4-9-26(17)21(16)29)27(18(15)22)12-14-6-5-8-23-11-14/h3-11,13,22H,12H2,1-2H3,(H,24,28)/p+1. The van der Waals surface area contributed by atoms with Crippen LogP contribution in [0, 0.1) is 0 Å². The van der Waals surface area contributed by atoms with Gasteiger partial charge >= 0.3 is 0 Å². The number of carbonyl (C=O) groups excluding carboxylic acids is 1. The molecule has 4 aromatic heterocycles. The summed E-state index contributed by atoms with van der Waals surface area (Å²) < 4.78 is 3.15. The third kappa shape index (κ3) is 3.40. The highest BCUT2D eigenvalue weighted by Crippen LogP contribution is 2.15. The van der Waals surface area contributed by atoms with Crippen LogP contribution in [0.2, 0.25) is 0 Å². The van der Waals surface area contributed by atoms with Gasteiger partial charge in [0.05, 0.1) is 6.54 Å². The molecule has 4 heterocycles. The van der Waals surface area contributed by atoms with Gasteiger partial charge in [0.25, 0.3) is 17.1 Å². The van der Waals surface area contributed by atoms with Gasteiger partial charge in [0.15, 0.2) is 0 Å². The monoisotopic (exact) mass is 389 g/mol. The molecule has 0 aliphatic heterocycles. The smallest absolute Gasteiger partial charge is 0.278 e. The summed E-state index contributed by atoms with van der Waals surface area (Å²) in [7, 11) is 0. The number of nitrogen functional groups attached to an aromatic ring is 1. The second-order valence-corrected chi connectivity index (χ2v) is 7.10. The van der Waals surface area contributed by atoms with E-state index in [-0.39, 0.29) is 28.9 Å². The van der Waals surface area contributed by atoms with Crippen LogP contribution in [-0.2, 0) is 6.54 Å². The van der Waals surface area contributed by atoms with Crippen molar-refractivity contribution in [3.05, 3.63) is 76.5 Å². The second kappa shape index (κ2) is 7.31. The lowest BCUT2D eigenvalue weighted by molar-refractivity contribution is -0.649. The molecule has 8 heteroatoms. The minimum atomic E-state index is -0.336. The van der Waals surface area contributed by atoms with Gasteiger partial charge in [-0.15, -0.1) is 0 Å². The Morgan fingerprint density at radius 1 is 1.28 bits per heavy atom. The lowest BCUT2D eigenvalue weighted by Crippen LogP contribution is -2.43. The van der Waals surface area contributed by atoms with Crippen LogP contribution < -0.4 is 21.2 Å². The molecule has 0 aliphatic rings. The Labute approximate surface area is 166 Å². The van der Waals surface area contributed by atoms with Gasteiger partial charge in [0, 0.05) is 30.2 Å². The second-order valence-electron chi connectivity index (χ2n) is 7.10. The number of anilines is 1. The summed E-state index contributed by atoms with van der Waals surface area (Å²) in [6, 6.07) is 10.5. The van der Waals surface area contributed by atoms with E-state index in [1.165, 1.54) is 10.5 Å². The minimum absolute atomic E-state index is 0.0693. The molecule has 8 nitrogen and oxygen atoms in total. The van der Waals surface area contributed by atoms with Crippen molar-refractivity contribution in [3.8, 4) is 0 Å². The number of amides is 1. The number of rotatable bonds is 4. The number of hydrogen-bond donors (Lipinski definition) is 2. The molecule has 146 valence electrons. The van der Waals surface area contributed by atoms with Crippen LogP contribution in [0.3, 0.4) is 0 Å². The molecular weight excluding hydrogens is 368 g/mol. The summed E-state index contributed by atoms with van der Waals surface area (Å²) in [6.07, 6.45) is 5.05. The fourth-order valence-corrected chi connectivity index (χ4v) is 3.26. The molecule has 0 spiro atoms. The first-order valence-corrected chi connectivity index (χ1v) is 9.29. The Hall–Kier alpha value is -3.81. The number of carbonyl (C=O) groups is 1. The van der Waals surface area contributed by atoms with Gasteiger partial charge in [0.2, 0.25) is 11.5 Å². The minimum Gasteiger partial charge on any atom is -0.350 e. The molecule has 0 unspecified atom stereocenters. The summed E-state index contributed by atoms with van der Waals surface area (Å²) in [4.78, 5) is 34.7. The van der Waals surface area contributed by atoms with Gasteiger partial charge in [-0.05, 0) is 38.1 Å². The molecule has 0 aromatic carbocycles. The highest BCUT2D eigenvalue weighted by atomic mass is 16.2. The van der Waals surface area contributed by atoms with E-state index >= 15 is 0 Å². The maximum absolute atomic E-state index is 13.1. The molecule has 0 aliphatic carbocycles. The number of hydrogen-bond acceptors (Lipinski definition) is 5. The van der Waals surface area contributed by atoms with Gasteiger partial charge in [-0.2, -0.15) is 0 Å². The van der Waals surface area contributed by atoms with Crippen molar-refractivity contribution in [2.75, 3.05) is 5.73 Å². The zero-order valence-corrected chi connectivity index (χ0v) is 16.2. The first kappa shape index (κ1) is 18.5. The topological polar surface area (TPSA) is 106 Å². The first-order valence-electron chi connectivity index (χ1n) is 9.29. The largest absolute Gasteiger partial charge is 0.350 e. The van der Waals surface area contributed by atoms with Gasteiger partial charge < -0.3 is 11.1 Å². The zero-order chi connectivity index (χ0) is 20.5. The molecule has 4 aromatic rings. The highest BCUT2D eigenvalue weighted by molar-refractivity contribution is 6.00. The summed E-state index contributed by atoms with van der Waals surface area (Å²) >= 11 is 0. The van der Waals surface area contributed by atoms with E-state index in [0.29, 0.717) is 23.2 Å². The Morgan fingerprint density at radius 3 is 2.83 bits per heavy atom. The van der Waals surface area contributed by atoms with Crippen molar-refractivity contribution in [2.45, 2.75) is 26.4 Å². The first-order chi connectivity index (χ1) is 14.0. The van der Waals surface area contributed by atoms with Crippen LogP contribution in [0.4, 0.5) is 5.82 Å². The van der Waals surface area contributed by atoms with Crippen molar-refractivity contribution >= 4 is 28.4 Å². The average molecular weight is 389 g/mol. The fourth-order valence-electron chi connectivity index (χ4n) is 3.26. The van der Waals surface area contributed by atoms with Crippen molar-refractivity contribution < 1.29 is 9.36 Å². The molecule has 0 saturated carbocycles. The van der Waals surface area contributed by atoms with Crippen LogP contribution in [0.25, 0.3) is 16.7 Å². The average Bonchev–Trinajstić information content (AvgIpc) is 2.70. The van der Waals surface area contributed by atoms with Crippen LogP contribution in [0.15, 0.2) is 59.8 Å². The number of nitrogens with one attached hydrogen (secondary N) is 1. The lowest BCUT2D eigenvalue weighted by Gasteiger charge is -2.13. The Balaban J connectivity index is 2.04. The highest BCUT2D eigenvalue weighted by Gasteiger charge is 2.24. The van der Waals surface area contributed by atoms with Crippen LogP contribution in [0.1, 0.15) is 29.8 Å². The van der Waals surface area contributed by atoms with E-state index in [1.807, 2.05) is 32.0 Å². The van der Waals surface area contributed by atoms with Gasteiger partial charge in [0.1, 0.15) is 10.9 Å². The summed E-state index contributed by atoms with van der Waals surface area (Å²) in [5, 5.41) is 3.16. The van der Waals surface area contributed by atoms with E-state index in [0.717, 1.165) is 5.56 Å². The molecule has 29 heavy (non-hydrogen) atoms. The number of nitrogens with zero attached hydrogens (tertiary/aromatic N) is 4. The predicted octanol–water partition coefficient (Wildman–Crippen LogP) is 1.30. The lowest BCUT2D eigenvalue weighted by atomic mass is 10.1. The molecule has 0 atom stereocenters. The number of pyridine rings is 3. The predicted molar refractivity (Wildman–Crippen MR) is 110 cm³/mol. The van der Waals surface area contributed by atoms with Crippen LogP contribution >= 0.6 is 0 Å². The van der Waals surface area contributed by atoms with Gasteiger partial charge in [-0.1, -0.05) is 17.1 Å². The van der Waals surface area contributed by atoms with Crippen molar-refractivity contribution in [1.29, 1.82) is 0 Å². The molecule has 0 radical (unpaired) electrons.